The first-order valence-electron chi connectivity index (χ1n) is 7.81. The van der Waals surface area contributed by atoms with Crippen LogP contribution in [0.25, 0.3) is 0 Å². The van der Waals surface area contributed by atoms with E-state index in [1.54, 1.807) is 24.3 Å². The van der Waals surface area contributed by atoms with Gasteiger partial charge in [-0.2, -0.15) is 0 Å². The number of rotatable bonds is 7. The minimum Gasteiger partial charge on any atom is -0.491 e. The zero-order valence-corrected chi connectivity index (χ0v) is 15.3. The first-order valence-corrected chi connectivity index (χ1v) is 9.70. The molecule has 0 radical (unpaired) electrons. The van der Waals surface area contributed by atoms with E-state index in [4.69, 9.17) is 4.74 Å². The van der Waals surface area contributed by atoms with Gasteiger partial charge in [0.05, 0.1) is 12.3 Å². The van der Waals surface area contributed by atoms with E-state index < -0.39 is 10.0 Å². The van der Waals surface area contributed by atoms with Crippen LogP contribution in [0.3, 0.4) is 0 Å². The third-order valence-corrected chi connectivity index (χ3v) is 3.96. The average Bonchev–Trinajstić information content (AvgIpc) is 2.53. The molecule has 7 heteroatoms. The average molecular weight is 362 g/mol. The van der Waals surface area contributed by atoms with Crippen LogP contribution in [0.15, 0.2) is 48.5 Å². The van der Waals surface area contributed by atoms with Crippen molar-refractivity contribution in [1.29, 1.82) is 0 Å². The van der Waals surface area contributed by atoms with Gasteiger partial charge in [-0.1, -0.05) is 17.7 Å². The Bertz CT molecular complexity index is 815. The molecule has 0 aliphatic rings. The molecule has 1 atom stereocenters. The van der Waals surface area contributed by atoms with Gasteiger partial charge in [-0.3, -0.25) is 9.52 Å². The van der Waals surface area contributed by atoms with E-state index in [0.29, 0.717) is 17.9 Å². The van der Waals surface area contributed by atoms with E-state index in [0.717, 1.165) is 17.6 Å². The second-order valence-corrected chi connectivity index (χ2v) is 7.70. The lowest BCUT2D eigenvalue weighted by molar-refractivity contribution is 0.0926. The van der Waals surface area contributed by atoms with E-state index in [2.05, 4.69) is 10.0 Å². The molecule has 2 rings (SSSR count). The van der Waals surface area contributed by atoms with Crippen molar-refractivity contribution in [2.75, 3.05) is 17.6 Å². The summed E-state index contributed by atoms with van der Waals surface area (Å²) in [4.78, 5) is 12.2. The zero-order chi connectivity index (χ0) is 18.4. The van der Waals surface area contributed by atoms with Gasteiger partial charge in [0.25, 0.3) is 5.91 Å². The number of ether oxygens (including phenoxy) is 1. The highest BCUT2D eigenvalue weighted by Gasteiger charge is 2.11. The van der Waals surface area contributed by atoms with Gasteiger partial charge in [-0.05, 0) is 50.2 Å². The molecule has 0 bridgehead atoms. The lowest BCUT2D eigenvalue weighted by Gasteiger charge is -2.15. The number of hydrogen-bond acceptors (Lipinski definition) is 4. The highest BCUT2D eigenvalue weighted by molar-refractivity contribution is 7.92. The summed E-state index contributed by atoms with van der Waals surface area (Å²) in [5.74, 6) is 0.508. The van der Waals surface area contributed by atoms with E-state index >= 15 is 0 Å². The molecule has 0 saturated carbocycles. The van der Waals surface area contributed by atoms with Crippen molar-refractivity contribution >= 4 is 21.6 Å². The fraction of sp³-hybridized carbons (Fsp3) is 0.278. The molecule has 0 heterocycles. The Balaban J connectivity index is 1.86. The fourth-order valence-electron chi connectivity index (χ4n) is 2.11. The Morgan fingerprint density at radius 3 is 2.24 bits per heavy atom. The molecule has 0 aliphatic carbocycles. The van der Waals surface area contributed by atoms with Crippen LogP contribution >= 0.6 is 0 Å². The maximum Gasteiger partial charge on any atom is 0.251 e. The number of benzene rings is 2. The van der Waals surface area contributed by atoms with Gasteiger partial charge in [-0.25, -0.2) is 8.42 Å². The molecular formula is C18H22N2O4S. The number of anilines is 1. The topological polar surface area (TPSA) is 84.5 Å². The van der Waals surface area contributed by atoms with Crippen LogP contribution in [0.2, 0.25) is 0 Å². The highest BCUT2D eigenvalue weighted by atomic mass is 32.2. The van der Waals surface area contributed by atoms with Crippen molar-refractivity contribution in [2.45, 2.75) is 19.9 Å². The fourth-order valence-corrected chi connectivity index (χ4v) is 2.67. The molecule has 0 saturated heterocycles. The number of sulfonamides is 1. The number of nitrogens with one attached hydrogen (secondary N) is 2. The summed E-state index contributed by atoms with van der Waals surface area (Å²) in [6, 6.07) is 13.7. The second kappa shape index (κ2) is 8.02. The predicted molar refractivity (Wildman–Crippen MR) is 98.5 cm³/mol. The molecule has 25 heavy (non-hydrogen) atoms. The first-order chi connectivity index (χ1) is 11.7. The number of hydrogen-bond donors (Lipinski definition) is 2. The minimum absolute atomic E-state index is 0.178. The molecule has 134 valence electrons. The van der Waals surface area contributed by atoms with Crippen LogP contribution in [-0.2, 0) is 10.0 Å². The van der Waals surface area contributed by atoms with Crippen molar-refractivity contribution in [3.8, 4) is 5.75 Å². The summed E-state index contributed by atoms with van der Waals surface area (Å²) >= 11 is 0. The quantitative estimate of drug-likeness (QED) is 0.793. The van der Waals surface area contributed by atoms with Crippen molar-refractivity contribution in [2.24, 2.45) is 0 Å². The first kappa shape index (κ1) is 18.8. The largest absolute Gasteiger partial charge is 0.491 e. The summed E-state index contributed by atoms with van der Waals surface area (Å²) < 4.78 is 30.3. The number of carbonyl (C=O) groups excluding carboxylic acids is 1. The smallest absolute Gasteiger partial charge is 0.251 e. The van der Waals surface area contributed by atoms with Gasteiger partial charge in [0.15, 0.2) is 0 Å². The highest BCUT2D eigenvalue weighted by Crippen LogP contribution is 2.13. The van der Waals surface area contributed by atoms with Gasteiger partial charge in [0.1, 0.15) is 12.4 Å². The zero-order valence-electron chi connectivity index (χ0n) is 14.4. The predicted octanol–water partition coefficient (Wildman–Crippen LogP) is 2.56. The maximum atomic E-state index is 12.2. The van der Waals surface area contributed by atoms with E-state index in [-0.39, 0.29) is 11.9 Å². The molecule has 1 amide bonds. The summed E-state index contributed by atoms with van der Waals surface area (Å²) in [6.45, 7) is 4.21. The Kier molecular flexibility index (Phi) is 6.03. The van der Waals surface area contributed by atoms with Gasteiger partial charge in [0.2, 0.25) is 10.0 Å². The van der Waals surface area contributed by atoms with Crippen molar-refractivity contribution in [3.05, 3.63) is 59.7 Å². The van der Waals surface area contributed by atoms with Gasteiger partial charge in [-0.15, -0.1) is 0 Å². The van der Waals surface area contributed by atoms with Crippen LogP contribution < -0.4 is 14.8 Å². The second-order valence-electron chi connectivity index (χ2n) is 5.95. The Labute approximate surface area is 148 Å². The normalized spacial score (nSPS) is 12.3. The van der Waals surface area contributed by atoms with Crippen LogP contribution in [-0.4, -0.2) is 33.2 Å². The molecule has 2 N–H and O–H groups in total. The molecule has 0 aliphatic heterocycles. The van der Waals surface area contributed by atoms with Crippen molar-refractivity contribution in [3.63, 3.8) is 0 Å². The third kappa shape index (κ3) is 6.46. The van der Waals surface area contributed by atoms with Gasteiger partial charge < -0.3 is 10.1 Å². The third-order valence-electron chi connectivity index (χ3n) is 3.35. The van der Waals surface area contributed by atoms with Crippen LogP contribution in [0, 0.1) is 6.92 Å². The molecule has 0 aromatic heterocycles. The van der Waals surface area contributed by atoms with Gasteiger partial charge in [0, 0.05) is 11.3 Å². The van der Waals surface area contributed by atoms with Crippen LogP contribution in [0.1, 0.15) is 22.8 Å². The van der Waals surface area contributed by atoms with E-state index in [1.807, 2.05) is 38.1 Å². The lowest BCUT2D eigenvalue weighted by atomic mass is 10.2. The molecule has 2 aromatic rings. The van der Waals surface area contributed by atoms with Crippen LogP contribution in [0.5, 0.6) is 5.75 Å². The lowest BCUT2D eigenvalue weighted by Crippen LogP contribution is -2.36. The summed E-state index contributed by atoms with van der Waals surface area (Å²) in [5.41, 5.74) is 2.01. The molecule has 2 aromatic carbocycles. The standard InChI is InChI=1S/C18H22N2O4S/c1-13-4-10-17(11-5-13)24-12-14(2)19-18(21)15-6-8-16(9-7-15)20-25(3,22)23/h4-11,14,20H,12H2,1-3H3,(H,19,21). The SMILES string of the molecule is Cc1ccc(OCC(C)NC(=O)c2ccc(NS(C)(=O)=O)cc2)cc1. The number of aryl methyl sites for hydroxylation is 1. The number of carbonyl (C=O) groups is 1. The number of amides is 1. The summed E-state index contributed by atoms with van der Waals surface area (Å²) in [6.07, 6.45) is 1.07. The molecule has 1 unspecified atom stereocenters. The van der Waals surface area contributed by atoms with E-state index in [9.17, 15) is 13.2 Å². The Morgan fingerprint density at radius 2 is 1.68 bits per heavy atom. The van der Waals surface area contributed by atoms with Gasteiger partial charge >= 0.3 is 0 Å². The van der Waals surface area contributed by atoms with Crippen LogP contribution in [0.4, 0.5) is 5.69 Å². The minimum atomic E-state index is -3.33. The summed E-state index contributed by atoms with van der Waals surface area (Å²) in [7, 11) is -3.33. The monoisotopic (exact) mass is 362 g/mol. The molecule has 0 spiro atoms. The molecular weight excluding hydrogens is 340 g/mol. The Morgan fingerprint density at radius 1 is 1.08 bits per heavy atom. The van der Waals surface area contributed by atoms with Crippen molar-refractivity contribution in [1.82, 2.24) is 5.32 Å². The molecule has 6 nitrogen and oxygen atoms in total. The molecule has 0 fully saturated rings. The maximum absolute atomic E-state index is 12.2. The van der Waals surface area contributed by atoms with Crippen molar-refractivity contribution < 1.29 is 17.9 Å². The summed E-state index contributed by atoms with van der Waals surface area (Å²) in [5, 5.41) is 2.84. The van der Waals surface area contributed by atoms with E-state index in [1.165, 1.54) is 0 Å². The Hall–Kier alpha value is -2.54.